The van der Waals surface area contributed by atoms with Crippen LogP contribution in [0.4, 0.5) is 0 Å². The van der Waals surface area contributed by atoms with Crippen LogP contribution in [0.3, 0.4) is 0 Å². The Morgan fingerprint density at radius 3 is 2.67 bits per heavy atom. The van der Waals surface area contributed by atoms with Crippen molar-refractivity contribution in [2.24, 2.45) is 5.92 Å². The van der Waals surface area contributed by atoms with E-state index in [0.717, 1.165) is 36.4 Å². The number of hydrogen-bond donors (Lipinski definition) is 2. The zero-order valence-corrected chi connectivity index (χ0v) is 16.6. The molecule has 7 heteroatoms. The van der Waals surface area contributed by atoms with Gasteiger partial charge in [-0.15, -0.1) is 24.8 Å². The van der Waals surface area contributed by atoms with Crippen LogP contribution < -0.4 is 10.6 Å². The molecule has 0 bridgehead atoms. The second-order valence-electron chi connectivity index (χ2n) is 6.57. The van der Waals surface area contributed by atoms with Gasteiger partial charge in [-0.3, -0.25) is 9.36 Å². The maximum Gasteiger partial charge on any atom is 0.251 e. The number of benzene rings is 2. The van der Waals surface area contributed by atoms with Gasteiger partial charge in [0.2, 0.25) is 0 Å². The van der Waals surface area contributed by atoms with E-state index in [1.165, 1.54) is 12.8 Å². The molecule has 4 rings (SSSR count). The van der Waals surface area contributed by atoms with Crippen LogP contribution in [0.1, 0.15) is 23.2 Å². The number of carbonyl (C=O) groups is 1. The van der Waals surface area contributed by atoms with Crippen LogP contribution in [-0.4, -0.2) is 35.1 Å². The number of rotatable bonds is 4. The van der Waals surface area contributed by atoms with Gasteiger partial charge in [0, 0.05) is 17.8 Å². The lowest BCUT2D eigenvalue weighted by atomic mass is 9.99. The van der Waals surface area contributed by atoms with Crippen LogP contribution in [-0.2, 0) is 0 Å². The summed E-state index contributed by atoms with van der Waals surface area (Å²) >= 11 is 0. The van der Waals surface area contributed by atoms with Gasteiger partial charge in [-0.05, 0) is 68.2 Å². The van der Waals surface area contributed by atoms with Crippen LogP contribution in [0.5, 0.6) is 0 Å². The minimum Gasteiger partial charge on any atom is -0.352 e. The first-order chi connectivity index (χ1) is 12.3. The van der Waals surface area contributed by atoms with Gasteiger partial charge < -0.3 is 10.6 Å². The molecule has 0 aliphatic carbocycles. The van der Waals surface area contributed by atoms with Gasteiger partial charge in [0.25, 0.3) is 5.91 Å². The molecule has 2 heterocycles. The van der Waals surface area contributed by atoms with Crippen LogP contribution in [0, 0.1) is 5.92 Å². The van der Waals surface area contributed by atoms with Crippen molar-refractivity contribution in [1.29, 1.82) is 0 Å². The Morgan fingerprint density at radius 1 is 1.15 bits per heavy atom. The number of aromatic nitrogens is 2. The van der Waals surface area contributed by atoms with Gasteiger partial charge in [-0.1, -0.05) is 12.1 Å². The number of piperidine rings is 1. The quantitative estimate of drug-likeness (QED) is 0.695. The van der Waals surface area contributed by atoms with E-state index in [9.17, 15) is 4.79 Å². The second-order valence-corrected chi connectivity index (χ2v) is 6.57. The number of nitrogens with one attached hydrogen (secondary N) is 2. The average molecular weight is 407 g/mol. The fourth-order valence-corrected chi connectivity index (χ4v) is 3.38. The molecule has 1 aromatic heterocycles. The molecule has 2 N–H and O–H groups in total. The number of amides is 1. The Labute approximate surface area is 171 Å². The van der Waals surface area contributed by atoms with Crippen molar-refractivity contribution >= 4 is 41.8 Å². The predicted molar refractivity (Wildman–Crippen MR) is 113 cm³/mol. The fraction of sp³-hybridized carbons (Fsp3) is 0.300. The van der Waals surface area contributed by atoms with E-state index >= 15 is 0 Å². The maximum absolute atomic E-state index is 12.3. The van der Waals surface area contributed by atoms with Gasteiger partial charge in [-0.25, -0.2) is 4.98 Å². The average Bonchev–Trinajstić information content (AvgIpc) is 3.11. The van der Waals surface area contributed by atoms with Crippen molar-refractivity contribution in [2.45, 2.75) is 12.8 Å². The molecule has 1 unspecified atom stereocenters. The molecule has 0 saturated carbocycles. The lowest BCUT2D eigenvalue weighted by Crippen LogP contribution is -2.38. The summed E-state index contributed by atoms with van der Waals surface area (Å²) in [5.74, 6) is 0.530. The van der Waals surface area contributed by atoms with E-state index in [4.69, 9.17) is 0 Å². The number of fused-ring (bicyclic) bond motifs is 1. The zero-order valence-electron chi connectivity index (χ0n) is 14.9. The summed E-state index contributed by atoms with van der Waals surface area (Å²) in [4.78, 5) is 16.8. The van der Waals surface area contributed by atoms with E-state index in [1.807, 2.05) is 59.4 Å². The molecule has 27 heavy (non-hydrogen) atoms. The van der Waals surface area contributed by atoms with Crippen molar-refractivity contribution in [3.05, 3.63) is 60.4 Å². The maximum atomic E-state index is 12.3. The minimum absolute atomic E-state index is 0. The summed E-state index contributed by atoms with van der Waals surface area (Å²) in [5, 5.41) is 6.43. The van der Waals surface area contributed by atoms with Gasteiger partial charge >= 0.3 is 0 Å². The van der Waals surface area contributed by atoms with E-state index in [0.29, 0.717) is 11.5 Å². The normalized spacial score (nSPS) is 16.2. The Morgan fingerprint density at radius 2 is 1.93 bits per heavy atom. The van der Waals surface area contributed by atoms with Crippen LogP contribution in [0.25, 0.3) is 16.7 Å². The van der Waals surface area contributed by atoms with Gasteiger partial charge in [-0.2, -0.15) is 0 Å². The van der Waals surface area contributed by atoms with E-state index in [-0.39, 0.29) is 30.7 Å². The zero-order chi connectivity index (χ0) is 17.1. The Kier molecular flexibility index (Phi) is 7.66. The third-order valence-electron chi connectivity index (χ3n) is 4.81. The molecular formula is C20H24Cl2N4O. The number of carbonyl (C=O) groups excluding carboxylic acids is 1. The molecule has 0 spiro atoms. The molecule has 1 aliphatic rings. The van der Waals surface area contributed by atoms with Gasteiger partial charge in [0.05, 0.1) is 11.0 Å². The molecule has 0 radical (unpaired) electrons. The molecule has 2 aromatic carbocycles. The highest BCUT2D eigenvalue weighted by Crippen LogP contribution is 2.18. The molecule has 3 aromatic rings. The second kappa shape index (κ2) is 9.74. The van der Waals surface area contributed by atoms with Crippen LogP contribution in [0.2, 0.25) is 0 Å². The standard InChI is InChI=1S/C20H22N4O.2ClH/c25-20(22-13-15-4-3-11-21-12-15)16-7-9-17(10-8-16)24-14-23-18-5-1-2-6-19(18)24;;/h1-2,5-10,14-15,21H,3-4,11-13H2,(H,22,25);2*1H. The van der Waals surface area contributed by atoms with Crippen LogP contribution >= 0.6 is 24.8 Å². The largest absolute Gasteiger partial charge is 0.352 e. The van der Waals surface area contributed by atoms with Gasteiger partial charge in [0.1, 0.15) is 6.33 Å². The molecule has 1 amide bonds. The van der Waals surface area contributed by atoms with Crippen molar-refractivity contribution in [2.75, 3.05) is 19.6 Å². The molecule has 1 aliphatic heterocycles. The lowest BCUT2D eigenvalue weighted by molar-refractivity contribution is 0.0945. The molecule has 144 valence electrons. The highest BCUT2D eigenvalue weighted by atomic mass is 35.5. The van der Waals surface area contributed by atoms with Crippen molar-refractivity contribution in [3.63, 3.8) is 0 Å². The van der Waals surface area contributed by atoms with Crippen molar-refractivity contribution in [3.8, 4) is 5.69 Å². The number of halogens is 2. The first-order valence-electron chi connectivity index (χ1n) is 8.83. The summed E-state index contributed by atoms with van der Waals surface area (Å²) < 4.78 is 2.03. The summed E-state index contributed by atoms with van der Waals surface area (Å²) in [6.45, 7) is 2.82. The Balaban J connectivity index is 0.00000131. The molecule has 1 fully saturated rings. The van der Waals surface area contributed by atoms with E-state index in [2.05, 4.69) is 15.6 Å². The highest BCUT2D eigenvalue weighted by Gasteiger charge is 2.14. The van der Waals surface area contributed by atoms with E-state index in [1.54, 1.807) is 0 Å². The summed E-state index contributed by atoms with van der Waals surface area (Å²) in [7, 11) is 0. The van der Waals surface area contributed by atoms with Crippen LogP contribution in [0.15, 0.2) is 54.9 Å². The third kappa shape index (κ3) is 4.80. The number of hydrogen-bond acceptors (Lipinski definition) is 3. The smallest absolute Gasteiger partial charge is 0.251 e. The Hall–Kier alpha value is -2.08. The minimum atomic E-state index is -0.00684. The van der Waals surface area contributed by atoms with Crippen molar-refractivity contribution in [1.82, 2.24) is 20.2 Å². The molecular weight excluding hydrogens is 383 g/mol. The lowest BCUT2D eigenvalue weighted by Gasteiger charge is -2.22. The molecule has 1 atom stereocenters. The predicted octanol–water partition coefficient (Wildman–Crippen LogP) is 3.60. The number of para-hydroxylation sites is 2. The highest BCUT2D eigenvalue weighted by molar-refractivity contribution is 5.94. The topological polar surface area (TPSA) is 59.0 Å². The molecule has 5 nitrogen and oxygen atoms in total. The Bertz CT molecular complexity index is 873. The SMILES string of the molecule is Cl.Cl.O=C(NCC1CCCNC1)c1ccc(-n2cnc3ccccc32)cc1. The first-order valence-corrected chi connectivity index (χ1v) is 8.83. The van der Waals surface area contributed by atoms with E-state index < -0.39 is 0 Å². The third-order valence-corrected chi connectivity index (χ3v) is 4.81. The molecule has 1 saturated heterocycles. The summed E-state index contributed by atoms with van der Waals surface area (Å²) in [6, 6.07) is 15.7. The summed E-state index contributed by atoms with van der Waals surface area (Å²) in [5.41, 5.74) is 3.72. The van der Waals surface area contributed by atoms with Gasteiger partial charge in [0.15, 0.2) is 0 Å². The monoisotopic (exact) mass is 406 g/mol. The van der Waals surface area contributed by atoms with Crippen molar-refractivity contribution < 1.29 is 4.79 Å². The fourth-order valence-electron chi connectivity index (χ4n) is 3.38. The first kappa shape index (κ1) is 21.2. The number of nitrogens with zero attached hydrogens (tertiary/aromatic N) is 2. The number of imidazole rings is 1. The summed E-state index contributed by atoms with van der Waals surface area (Å²) in [6.07, 6.45) is 4.18.